The number of alkyl halides is 3. The normalized spacial score (nSPS) is 24.4. The van der Waals surface area contributed by atoms with Crippen molar-refractivity contribution in [1.82, 2.24) is 0 Å². The zero-order valence-corrected chi connectivity index (χ0v) is 9.48. The summed E-state index contributed by atoms with van der Waals surface area (Å²) >= 11 is 0. The predicted octanol–water partition coefficient (Wildman–Crippen LogP) is 1.98. The third-order valence-electron chi connectivity index (χ3n) is 2.67. The van der Waals surface area contributed by atoms with Gasteiger partial charge in [-0.15, -0.1) is 0 Å². The molecule has 1 aromatic rings. The number of aliphatic hydroxyl groups excluding tert-OH is 1. The van der Waals surface area contributed by atoms with Crippen LogP contribution in [0.3, 0.4) is 0 Å². The van der Waals surface area contributed by atoms with Gasteiger partial charge in [0.05, 0.1) is 18.8 Å². The van der Waals surface area contributed by atoms with Crippen molar-refractivity contribution in [2.75, 3.05) is 13.2 Å². The second kappa shape index (κ2) is 5.26. The van der Waals surface area contributed by atoms with Gasteiger partial charge in [-0.1, -0.05) is 18.2 Å². The van der Waals surface area contributed by atoms with E-state index in [9.17, 15) is 13.2 Å². The van der Waals surface area contributed by atoms with Gasteiger partial charge in [0.2, 0.25) is 0 Å². The highest BCUT2D eigenvalue weighted by Gasteiger charge is 2.31. The summed E-state index contributed by atoms with van der Waals surface area (Å²) in [6, 6.07) is 5.06. The Morgan fingerprint density at radius 2 is 2.11 bits per heavy atom. The Kier molecular flexibility index (Phi) is 3.89. The zero-order chi connectivity index (χ0) is 13.2. The summed E-state index contributed by atoms with van der Waals surface area (Å²) in [5, 5.41) is 8.85. The molecule has 0 saturated carbocycles. The predicted molar refractivity (Wildman–Crippen MR) is 56.8 cm³/mol. The Morgan fingerprint density at radius 3 is 2.72 bits per heavy atom. The van der Waals surface area contributed by atoms with Gasteiger partial charge in [0.1, 0.15) is 6.10 Å². The summed E-state index contributed by atoms with van der Waals surface area (Å²) in [5.41, 5.74) is -0.190. The molecule has 1 fully saturated rings. The van der Waals surface area contributed by atoms with Gasteiger partial charge in [-0.25, -0.2) is 0 Å². The van der Waals surface area contributed by atoms with E-state index in [0.717, 1.165) is 12.1 Å². The van der Waals surface area contributed by atoms with E-state index in [-0.39, 0.29) is 25.7 Å². The number of rotatable bonds is 3. The second-order valence-electron chi connectivity index (χ2n) is 4.11. The molecular formula is C12H13F3O3. The third kappa shape index (κ3) is 3.22. The highest BCUT2D eigenvalue weighted by Crippen LogP contribution is 2.30. The number of aliphatic hydroxyl groups is 1. The van der Waals surface area contributed by atoms with E-state index < -0.39 is 18.0 Å². The minimum Gasteiger partial charge on any atom is -0.394 e. The maximum atomic E-state index is 12.5. The van der Waals surface area contributed by atoms with Gasteiger partial charge < -0.3 is 14.6 Å². The van der Waals surface area contributed by atoms with Crippen molar-refractivity contribution in [3.8, 4) is 0 Å². The molecule has 2 rings (SSSR count). The molecule has 18 heavy (non-hydrogen) atoms. The maximum absolute atomic E-state index is 12.5. The van der Waals surface area contributed by atoms with Crippen LogP contribution in [-0.4, -0.2) is 30.7 Å². The summed E-state index contributed by atoms with van der Waals surface area (Å²) in [7, 11) is 0. The topological polar surface area (TPSA) is 38.7 Å². The average Bonchev–Trinajstić information content (AvgIpc) is 2.76. The fourth-order valence-electron chi connectivity index (χ4n) is 1.78. The molecule has 0 spiro atoms. The Hall–Kier alpha value is -1.11. The lowest BCUT2D eigenvalue weighted by atomic mass is 10.1. The van der Waals surface area contributed by atoms with Gasteiger partial charge in [0, 0.05) is 6.42 Å². The lowest BCUT2D eigenvalue weighted by Gasteiger charge is -2.12. The summed E-state index contributed by atoms with van der Waals surface area (Å²) in [4.78, 5) is 0. The van der Waals surface area contributed by atoms with Gasteiger partial charge in [-0.05, 0) is 11.6 Å². The van der Waals surface area contributed by atoms with Crippen molar-refractivity contribution in [3.05, 3.63) is 35.4 Å². The number of halogens is 3. The van der Waals surface area contributed by atoms with E-state index >= 15 is 0 Å². The third-order valence-corrected chi connectivity index (χ3v) is 2.67. The lowest BCUT2D eigenvalue weighted by molar-refractivity contribution is -0.137. The molecule has 2 atom stereocenters. The smallest absolute Gasteiger partial charge is 0.394 e. The van der Waals surface area contributed by atoms with E-state index in [0.29, 0.717) is 5.56 Å². The first-order valence-electron chi connectivity index (χ1n) is 5.53. The molecular weight excluding hydrogens is 249 g/mol. The highest BCUT2D eigenvalue weighted by molar-refractivity contribution is 5.26. The summed E-state index contributed by atoms with van der Waals surface area (Å²) < 4.78 is 48.0. The number of benzene rings is 1. The van der Waals surface area contributed by atoms with Crippen molar-refractivity contribution >= 4 is 0 Å². The first kappa shape index (κ1) is 13.3. The fourth-order valence-corrected chi connectivity index (χ4v) is 1.78. The van der Waals surface area contributed by atoms with Gasteiger partial charge >= 0.3 is 6.18 Å². The molecule has 0 bridgehead atoms. The second-order valence-corrected chi connectivity index (χ2v) is 4.11. The number of hydrogen-bond donors (Lipinski definition) is 1. The summed E-state index contributed by atoms with van der Waals surface area (Å²) in [5.74, 6) is 0. The van der Waals surface area contributed by atoms with Gasteiger partial charge in [0.25, 0.3) is 0 Å². The van der Waals surface area contributed by atoms with E-state index in [1.807, 2.05) is 0 Å². The Bertz CT molecular complexity index is 406. The first-order chi connectivity index (χ1) is 8.49. The standard InChI is InChI=1S/C12H13F3O3/c13-12(14,15)9-3-1-2-8(4-9)5-11-17-7-10(6-16)18-11/h1-4,10-11,16H,5-7H2. The number of ether oxygens (including phenoxy) is 2. The van der Waals surface area contributed by atoms with Crippen LogP contribution in [-0.2, 0) is 22.1 Å². The van der Waals surface area contributed by atoms with Crippen LogP contribution >= 0.6 is 0 Å². The van der Waals surface area contributed by atoms with Gasteiger partial charge in [-0.2, -0.15) is 13.2 Å². The van der Waals surface area contributed by atoms with Crippen molar-refractivity contribution in [2.24, 2.45) is 0 Å². The molecule has 100 valence electrons. The zero-order valence-electron chi connectivity index (χ0n) is 9.48. The molecule has 0 amide bonds. The van der Waals surface area contributed by atoms with Crippen LogP contribution in [0, 0.1) is 0 Å². The van der Waals surface area contributed by atoms with Gasteiger partial charge in [0.15, 0.2) is 6.29 Å². The van der Waals surface area contributed by atoms with E-state index in [2.05, 4.69) is 0 Å². The van der Waals surface area contributed by atoms with Crippen LogP contribution in [0.5, 0.6) is 0 Å². The van der Waals surface area contributed by atoms with Crippen LogP contribution in [0.1, 0.15) is 11.1 Å². The Balaban J connectivity index is 2.02. The molecule has 1 aliphatic heterocycles. The van der Waals surface area contributed by atoms with Crippen molar-refractivity contribution in [2.45, 2.75) is 25.0 Å². The van der Waals surface area contributed by atoms with Gasteiger partial charge in [-0.3, -0.25) is 0 Å². The molecule has 1 heterocycles. The monoisotopic (exact) mass is 262 g/mol. The molecule has 0 aromatic heterocycles. The van der Waals surface area contributed by atoms with Crippen LogP contribution in [0.15, 0.2) is 24.3 Å². The average molecular weight is 262 g/mol. The van der Waals surface area contributed by atoms with E-state index in [1.165, 1.54) is 6.07 Å². The van der Waals surface area contributed by atoms with Crippen LogP contribution in [0.4, 0.5) is 13.2 Å². The van der Waals surface area contributed by atoms with E-state index in [4.69, 9.17) is 14.6 Å². The largest absolute Gasteiger partial charge is 0.416 e. The Morgan fingerprint density at radius 1 is 1.33 bits per heavy atom. The minimum absolute atomic E-state index is 0.154. The summed E-state index contributed by atoms with van der Waals surface area (Å²) in [6.07, 6.45) is -5.09. The molecule has 1 aromatic carbocycles. The highest BCUT2D eigenvalue weighted by atomic mass is 19.4. The molecule has 1 aliphatic rings. The minimum atomic E-state index is -4.35. The molecule has 6 heteroatoms. The van der Waals surface area contributed by atoms with E-state index in [1.54, 1.807) is 6.07 Å². The first-order valence-corrected chi connectivity index (χ1v) is 5.53. The molecule has 2 unspecified atom stereocenters. The van der Waals surface area contributed by atoms with Crippen molar-refractivity contribution in [1.29, 1.82) is 0 Å². The molecule has 1 N–H and O–H groups in total. The van der Waals surface area contributed by atoms with Crippen molar-refractivity contribution in [3.63, 3.8) is 0 Å². The molecule has 1 saturated heterocycles. The van der Waals surface area contributed by atoms with Crippen molar-refractivity contribution < 1.29 is 27.8 Å². The summed E-state index contributed by atoms with van der Waals surface area (Å²) in [6.45, 7) is 0.110. The molecule has 3 nitrogen and oxygen atoms in total. The lowest BCUT2D eigenvalue weighted by Crippen LogP contribution is -2.17. The SMILES string of the molecule is OCC1COC(Cc2cccc(C(F)(F)F)c2)O1. The fraction of sp³-hybridized carbons (Fsp3) is 0.500. The molecule has 0 radical (unpaired) electrons. The Labute approximate surface area is 102 Å². The van der Waals surface area contributed by atoms with Crippen LogP contribution in [0.25, 0.3) is 0 Å². The number of hydrogen-bond acceptors (Lipinski definition) is 3. The molecule has 0 aliphatic carbocycles. The quantitative estimate of drug-likeness (QED) is 0.905. The maximum Gasteiger partial charge on any atom is 0.416 e. The van der Waals surface area contributed by atoms with Crippen LogP contribution < -0.4 is 0 Å². The van der Waals surface area contributed by atoms with Crippen LogP contribution in [0.2, 0.25) is 0 Å².